The predicted octanol–water partition coefficient (Wildman–Crippen LogP) is 3.93. The van der Waals surface area contributed by atoms with Crippen molar-refractivity contribution in [3.63, 3.8) is 0 Å². The lowest BCUT2D eigenvalue weighted by Crippen LogP contribution is -2.45. The van der Waals surface area contributed by atoms with Crippen LogP contribution in [0.4, 0.5) is 8.78 Å². The van der Waals surface area contributed by atoms with E-state index < -0.39 is 23.2 Å². The number of nitrogens with zero attached hydrogens (tertiary/aromatic N) is 3. The second-order valence-corrected chi connectivity index (χ2v) is 8.04. The number of carbonyl (C=O) groups excluding carboxylic acids is 1. The largest absolute Gasteiger partial charge is 0.480 e. The van der Waals surface area contributed by atoms with Gasteiger partial charge in [-0.3, -0.25) is 14.2 Å². The van der Waals surface area contributed by atoms with E-state index >= 15 is 0 Å². The van der Waals surface area contributed by atoms with E-state index in [9.17, 15) is 23.6 Å². The summed E-state index contributed by atoms with van der Waals surface area (Å²) in [4.78, 5) is 26.7. The zero-order valence-electron chi connectivity index (χ0n) is 15.3. The summed E-state index contributed by atoms with van der Waals surface area (Å²) in [6, 6.07) is 10.8. The summed E-state index contributed by atoms with van der Waals surface area (Å²) in [5.74, 6) is -3.17. The van der Waals surface area contributed by atoms with Crippen molar-refractivity contribution in [2.45, 2.75) is 23.4 Å². The van der Waals surface area contributed by atoms with Gasteiger partial charge < -0.3 is 10.4 Å². The lowest BCUT2D eigenvalue weighted by Gasteiger charge is -2.18. The number of nitriles is 1. The van der Waals surface area contributed by atoms with E-state index in [0.29, 0.717) is 26.6 Å². The van der Waals surface area contributed by atoms with Crippen LogP contribution < -0.4 is 5.32 Å². The second kappa shape index (κ2) is 8.41. The summed E-state index contributed by atoms with van der Waals surface area (Å²) in [5.41, 5.74) is 0.902. The third-order valence-electron chi connectivity index (χ3n) is 4.15. The number of benzene rings is 2. The first kappa shape index (κ1) is 21.7. The Hall–Kier alpha value is -2.97. The number of rotatable bonds is 6. The molecule has 154 valence electrons. The molecule has 0 radical (unpaired) electrons. The molecule has 1 aromatic heterocycles. The quantitative estimate of drug-likeness (QED) is 0.502. The van der Waals surface area contributed by atoms with Crippen LogP contribution in [-0.4, -0.2) is 37.8 Å². The minimum atomic E-state index is -3.98. The summed E-state index contributed by atoms with van der Waals surface area (Å²) in [7, 11) is 0. The smallest absolute Gasteiger partial charge is 0.377 e. The number of amides is 1. The fraction of sp³-hybridized carbons (Fsp3) is 0.158. The first-order valence-electron chi connectivity index (χ1n) is 8.41. The number of aliphatic carboxylic acids is 1. The van der Waals surface area contributed by atoms with Crippen molar-refractivity contribution < 1.29 is 23.5 Å². The van der Waals surface area contributed by atoms with Crippen LogP contribution in [0, 0.1) is 11.3 Å². The number of carboxylic acids is 1. The third kappa shape index (κ3) is 4.15. The molecule has 0 saturated heterocycles. The molecule has 1 atom stereocenters. The molecule has 7 nitrogen and oxygen atoms in total. The number of thioether (sulfide) groups is 1. The van der Waals surface area contributed by atoms with Crippen molar-refractivity contribution >= 4 is 50.3 Å². The van der Waals surface area contributed by atoms with Gasteiger partial charge in [-0.05, 0) is 46.7 Å². The maximum Gasteiger partial charge on any atom is 0.377 e. The van der Waals surface area contributed by atoms with E-state index in [-0.39, 0.29) is 16.9 Å². The molecule has 0 aliphatic carbocycles. The molecule has 0 bridgehead atoms. The maximum atomic E-state index is 14.5. The highest BCUT2D eigenvalue weighted by Crippen LogP contribution is 2.39. The van der Waals surface area contributed by atoms with Crippen LogP contribution in [0.5, 0.6) is 0 Å². The van der Waals surface area contributed by atoms with E-state index in [4.69, 9.17) is 5.11 Å². The normalized spacial score (nSPS) is 12.4. The van der Waals surface area contributed by atoms with Crippen molar-refractivity contribution in [2.75, 3.05) is 0 Å². The van der Waals surface area contributed by atoms with Gasteiger partial charge in [0.1, 0.15) is 10.6 Å². The number of hydrogen-bond acceptors (Lipinski definition) is 5. The van der Waals surface area contributed by atoms with Gasteiger partial charge in [-0.15, -0.1) is 0 Å². The number of halogens is 3. The van der Waals surface area contributed by atoms with Gasteiger partial charge in [0.2, 0.25) is 0 Å². The molecule has 1 amide bonds. The van der Waals surface area contributed by atoms with Crippen LogP contribution in [-0.2, 0) is 9.59 Å². The van der Waals surface area contributed by atoms with Gasteiger partial charge in [0, 0.05) is 10.8 Å². The van der Waals surface area contributed by atoms with Gasteiger partial charge in [-0.2, -0.15) is 14.0 Å². The zero-order chi connectivity index (χ0) is 22.1. The van der Waals surface area contributed by atoms with Crippen molar-refractivity contribution in [1.82, 2.24) is 14.9 Å². The predicted molar refractivity (Wildman–Crippen MR) is 110 cm³/mol. The zero-order valence-corrected chi connectivity index (χ0v) is 17.7. The first-order valence-corrected chi connectivity index (χ1v) is 10.0. The Morgan fingerprint density at radius 2 is 1.97 bits per heavy atom. The molecule has 0 aliphatic rings. The standard InChI is InChI=1S/C19H13BrF2N4O3S/c1-10(16(27)28)25-17(29)19(21,22)30-18-24-9-15(20)26(18)14-7-6-11(8-23)12-4-2-3-5-13(12)14/h2-7,9-10H,1H3,(H,25,29)(H,27,28)/t10-/m0/s1. The van der Waals surface area contributed by atoms with Crippen molar-refractivity contribution in [3.8, 4) is 11.8 Å². The van der Waals surface area contributed by atoms with E-state index in [1.807, 2.05) is 0 Å². The number of hydrogen-bond donors (Lipinski definition) is 2. The fourth-order valence-corrected chi connectivity index (χ4v) is 4.04. The van der Waals surface area contributed by atoms with Gasteiger partial charge in [-0.25, -0.2) is 4.98 Å². The topological polar surface area (TPSA) is 108 Å². The molecule has 0 fully saturated rings. The Labute approximate surface area is 181 Å². The molecule has 3 aromatic rings. The Morgan fingerprint density at radius 3 is 2.60 bits per heavy atom. The second-order valence-electron chi connectivity index (χ2n) is 6.14. The number of carboxylic acid groups (broad SMARTS) is 1. The molecule has 0 spiro atoms. The van der Waals surface area contributed by atoms with Crippen LogP contribution in [0.15, 0.2) is 52.4 Å². The number of nitrogens with one attached hydrogen (secondary N) is 1. The monoisotopic (exact) mass is 494 g/mol. The number of fused-ring (bicyclic) bond motifs is 1. The molecule has 0 unspecified atom stereocenters. The minimum Gasteiger partial charge on any atom is -0.480 e. The van der Waals surface area contributed by atoms with E-state index in [2.05, 4.69) is 27.0 Å². The van der Waals surface area contributed by atoms with E-state index in [1.165, 1.54) is 10.8 Å². The number of imidazole rings is 1. The lowest BCUT2D eigenvalue weighted by molar-refractivity contribution is -0.144. The summed E-state index contributed by atoms with van der Waals surface area (Å²) in [5, 5.41) is 17.0. The van der Waals surface area contributed by atoms with Crippen molar-refractivity contribution in [1.29, 1.82) is 5.26 Å². The summed E-state index contributed by atoms with van der Waals surface area (Å²) < 4.78 is 30.8. The average molecular weight is 495 g/mol. The highest BCUT2D eigenvalue weighted by molar-refractivity contribution is 9.10. The Balaban J connectivity index is 2.03. The molecule has 3 rings (SSSR count). The summed E-state index contributed by atoms with van der Waals surface area (Å²) in [6.45, 7) is 1.08. The van der Waals surface area contributed by atoms with Crippen LogP contribution in [0.25, 0.3) is 16.5 Å². The fourth-order valence-electron chi connectivity index (χ4n) is 2.68. The maximum absolute atomic E-state index is 14.5. The SMILES string of the molecule is C[C@H](NC(=O)C(F)(F)Sc1ncc(Br)n1-c1ccc(C#N)c2ccccc12)C(=O)O. The van der Waals surface area contributed by atoms with Crippen LogP contribution in [0.3, 0.4) is 0 Å². The highest BCUT2D eigenvalue weighted by Gasteiger charge is 2.43. The average Bonchev–Trinajstić information content (AvgIpc) is 3.06. The first-order chi connectivity index (χ1) is 14.2. The van der Waals surface area contributed by atoms with Gasteiger partial charge >= 0.3 is 17.1 Å². The molecule has 0 saturated carbocycles. The molecule has 11 heteroatoms. The minimum absolute atomic E-state index is 0.113. The van der Waals surface area contributed by atoms with Gasteiger partial charge in [0.15, 0.2) is 5.16 Å². The van der Waals surface area contributed by atoms with Crippen LogP contribution in [0.2, 0.25) is 0 Å². The molecule has 2 aromatic carbocycles. The molecule has 1 heterocycles. The van der Waals surface area contributed by atoms with E-state index in [1.54, 1.807) is 41.7 Å². The number of alkyl halides is 2. The highest BCUT2D eigenvalue weighted by atomic mass is 79.9. The Kier molecular flexibility index (Phi) is 6.09. The van der Waals surface area contributed by atoms with Gasteiger partial charge in [0.05, 0.1) is 23.5 Å². The Bertz CT molecular complexity index is 1190. The third-order valence-corrected chi connectivity index (χ3v) is 5.62. The van der Waals surface area contributed by atoms with Crippen molar-refractivity contribution in [3.05, 3.63) is 52.8 Å². The number of carbonyl (C=O) groups is 2. The lowest BCUT2D eigenvalue weighted by atomic mass is 10.0. The van der Waals surface area contributed by atoms with E-state index in [0.717, 1.165) is 6.92 Å². The molecule has 2 N–H and O–H groups in total. The van der Waals surface area contributed by atoms with Gasteiger partial charge in [0.25, 0.3) is 0 Å². The van der Waals surface area contributed by atoms with Crippen LogP contribution in [0.1, 0.15) is 12.5 Å². The summed E-state index contributed by atoms with van der Waals surface area (Å²) in [6.07, 6.45) is 1.31. The molecule has 30 heavy (non-hydrogen) atoms. The Morgan fingerprint density at radius 1 is 1.30 bits per heavy atom. The molecule has 0 aliphatic heterocycles. The van der Waals surface area contributed by atoms with Crippen LogP contribution >= 0.6 is 27.7 Å². The summed E-state index contributed by atoms with van der Waals surface area (Å²) >= 11 is 3.17. The number of aromatic nitrogens is 2. The molecular formula is C19H13BrF2N4O3S. The van der Waals surface area contributed by atoms with Crippen molar-refractivity contribution in [2.24, 2.45) is 0 Å². The molecular weight excluding hydrogens is 482 g/mol. The van der Waals surface area contributed by atoms with Gasteiger partial charge in [-0.1, -0.05) is 24.3 Å².